The summed E-state index contributed by atoms with van der Waals surface area (Å²) in [6.07, 6.45) is 0. The van der Waals surface area contributed by atoms with Gasteiger partial charge in [0.2, 0.25) is 0 Å². The van der Waals surface area contributed by atoms with Crippen molar-refractivity contribution in [2.75, 3.05) is 7.11 Å². The Bertz CT molecular complexity index is 602. The lowest BCUT2D eigenvalue weighted by Gasteiger charge is -2.11. The second kappa shape index (κ2) is 7.34. The predicted octanol–water partition coefficient (Wildman–Crippen LogP) is 5.54. The van der Waals surface area contributed by atoms with Gasteiger partial charge in [0.1, 0.15) is 18.1 Å². The molecule has 0 radical (unpaired) electrons. The van der Waals surface area contributed by atoms with E-state index < -0.39 is 0 Å². The number of rotatable bonds is 5. The van der Waals surface area contributed by atoms with Gasteiger partial charge in [-0.3, -0.25) is 0 Å². The van der Waals surface area contributed by atoms with Crippen LogP contribution in [0.1, 0.15) is 11.1 Å². The van der Waals surface area contributed by atoms with Gasteiger partial charge in [0.05, 0.1) is 7.11 Å². The Morgan fingerprint density at radius 1 is 0.950 bits per heavy atom. The van der Waals surface area contributed by atoms with Crippen LogP contribution in [-0.4, -0.2) is 7.11 Å². The first kappa shape index (κ1) is 15.7. The highest BCUT2D eigenvalue weighted by atomic mass is 79.9. The molecule has 0 heterocycles. The van der Waals surface area contributed by atoms with Crippen molar-refractivity contribution in [3.63, 3.8) is 0 Å². The summed E-state index contributed by atoms with van der Waals surface area (Å²) in [5, 5.41) is 0. The van der Waals surface area contributed by atoms with E-state index in [1.807, 2.05) is 36.4 Å². The van der Waals surface area contributed by atoms with E-state index in [1.54, 1.807) is 7.11 Å². The van der Waals surface area contributed by atoms with Crippen LogP contribution in [0.5, 0.6) is 11.5 Å². The minimum Gasteiger partial charge on any atom is -0.497 e. The minimum absolute atomic E-state index is 0.445. The van der Waals surface area contributed by atoms with Crippen LogP contribution in [0, 0.1) is 0 Å². The Kier molecular flexibility index (Phi) is 5.75. The number of ether oxygens (including phenoxy) is 2. The molecule has 2 nitrogen and oxygen atoms in total. The van der Waals surface area contributed by atoms with Crippen molar-refractivity contribution >= 4 is 43.5 Å². The third-order valence-corrected chi connectivity index (χ3v) is 4.64. The molecule has 0 unspecified atom stereocenters. The van der Waals surface area contributed by atoms with E-state index in [-0.39, 0.29) is 0 Å². The molecule has 0 fully saturated rings. The number of hydrogen-bond acceptors (Lipinski definition) is 2. The smallest absolute Gasteiger partial charge is 0.120 e. The molecule has 0 aliphatic carbocycles. The molecule has 2 aromatic rings. The first-order chi connectivity index (χ1) is 9.63. The largest absolute Gasteiger partial charge is 0.497 e. The molecule has 0 aromatic heterocycles. The second-order valence-corrected chi connectivity index (χ2v) is 6.11. The molecular formula is C15H13Br2ClO2. The monoisotopic (exact) mass is 418 g/mol. The number of hydrogen-bond donors (Lipinski definition) is 0. The molecule has 0 saturated heterocycles. The summed E-state index contributed by atoms with van der Waals surface area (Å²) >= 11 is 12.8. The van der Waals surface area contributed by atoms with Crippen LogP contribution in [0.15, 0.2) is 45.3 Å². The number of alkyl halides is 1. The van der Waals surface area contributed by atoms with Crippen LogP contribution < -0.4 is 9.47 Å². The Hall–Kier alpha value is -0.710. The average Bonchev–Trinajstić information content (AvgIpc) is 2.47. The Morgan fingerprint density at radius 3 is 2.20 bits per heavy atom. The third kappa shape index (κ3) is 3.90. The number of halogens is 3. The van der Waals surface area contributed by atoms with Crippen LogP contribution in [0.3, 0.4) is 0 Å². The molecule has 0 amide bonds. The van der Waals surface area contributed by atoms with Gasteiger partial charge in [-0.2, -0.15) is 0 Å². The van der Waals surface area contributed by atoms with Gasteiger partial charge in [-0.05, 0) is 42.0 Å². The SMILES string of the molecule is COc1ccc(Br)c(COc2ccc(Br)c(CCl)c2)c1. The van der Waals surface area contributed by atoms with Crippen molar-refractivity contribution in [3.8, 4) is 11.5 Å². The highest BCUT2D eigenvalue weighted by Gasteiger charge is 2.05. The van der Waals surface area contributed by atoms with E-state index in [9.17, 15) is 0 Å². The Labute approximate surface area is 140 Å². The Balaban J connectivity index is 2.12. The highest BCUT2D eigenvalue weighted by Crippen LogP contribution is 2.27. The molecule has 2 rings (SSSR count). The lowest BCUT2D eigenvalue weighted by atomic mass is 10.2. The number of methoxy groups -OCH3 is 1. The van der Waals surface area contributed by atoms with Crippen molar-refractivity contribution in [2.45, 2.75) is 12.5 Å². The van der Waals surface area contributed by atoms with Gasteiger partial charge in [-0.15, -0.1) is 11.6 Å². The van der Waals surface area contributed by atoms with Gasteiger partial charge in [0, 0.05) is 20.4 Å². The molecule has 0 aliphatic heterocycles. The molecule has 0 N–H and O–H groups in total. The van der Waals surface area contributed by atoms with Crippen molar-refractivity contribution in [3.05, 3.63) is 56.5 Å². The summed E-state index contributed by atoms with van der Waals surface area (Å²) < 4.78 is 13.0. The van der Waals surface area contributed by atoms with E-state index >= 15 is 0 Å². The van der Waals surface area contributed by atoms with Crippen molar-refractivity contribution < 1.29 is 9.47 Å². The number of benzene rings is 2. The van der Waals surface area contributed by atoms with E-state index in [4.69, 9.17) is 21.1 Å². The van der Waals surface area contributed by atoms with Gasteiger partial charge in [0.15, 0.2) is 0 Å². The van der Waals surface area contributed by atoms with Crippen molar-refractivity contribution in [1.29, 1.82) is 0 Å². The maximum Gasteiger partial charge on any atom is 0.120 e. The van der Waals surface area contributed by atoms with Gasteiger partial charge >= 0.3 is 0 Å². The lowest BCUT2D eigenvalue weighted by Crippen LogP contribution is -1.98. The van der Waals surface area contributed by atoms with Crippen molar-refractivity contribution in [1.82, 2.24) is 0 Å². The fourth-order valence-electron chi connectivity index (χ4n) is 1.69. The van der Waals surface area contributed by atoms with Gasteiger partial charge in [0.25, 0.3) is 0 Å². The fraction of sp³-hybridized carbons (Fsp3) is 0.200. The summed E-state index contributed by atoms with van der Waals surface area (Å²) in [6, 6.07) is 11.6. The van der Waals surface area contributed by atoms with E-state index in [2.05, 4.69) is 31.9 Å². The second-order valence-electron chi connectivity index (χ2n) is 4.13. The quantitative estimate of drug-likeness (QED) is 0.592. The molecule has 20 heavy (non-hydrogen) atoms. The topological polar surface area (TPSA) is 18.5 Å². The summed E-state index contributed by atoms with van der Waals surface area (Å²) in [7, 11) is 1.65. The molecular weight excluding hydrogens is 407 g/mol. The maximum atomic E-state index is 5.88. The van der Waals surface area contributed by atoms with Crippen LogP contribution in [-0.2, 0) is 12.5 Å². The minimum atomic E-state index is 0.445. The molecule has 2 aromatic carbocycles. The molecule has 5 heteroatoms. The zero-order chi connectivity index (χ0) is 14.5. The third-order valence-electron chi connectivity index (χ3n) is 2.81. The van der Waals surface area contributed by atoms with Crippen LogP contribution >= 0.6 is 43.5 Å². The van der Waals surface area contributed by atoms with E-state index in [0.717, 1.165) is 31.6 Å². The maximum absolute atomic E-state index is 5.88. The van der Waals surface area contributed by atoms with E-state index in [1.165, 1.54) is 0 Å². The first-order valence-corrected chi connectivity index (χ1v) is 8.05. The molecule has 0 aliphatic rings. The normalized spacial score (nSPS) is 10.4. The molecule has 0 atom stereocenters. The molecule has 106 valence electrons. The zero-order valence-corrected chi connectivity index (χ0v) is 14.8. The lowest BCUT2D eigenvalue weighted by molar-refractivity contribution is 0.304. The van der Waals surface area contributed by atoms with Gasteiger partial charge in [-0.1, -0.05) is 31.9 Å². The molecule has 0 bridgehead atoms. The van der Waals surface area contributed by atoms with Crippen LogP contribution in [0.4, 0.5) is 0 Å². The summed E-state index contributed by atoms with van der Waals surface area (Å²) in [5.74, 6) is 2.04. The first-order valence-electron chi connectivity index (χ1n) is 5.93. The van der Waals surface area contributed by atoms with Crippen LogP contribution in [0.25, 0.3) is 0 Å². The fourth-order valence-corrected chi connectivity index (χ4v) is 2.82. The Morgan fingerprint density at radius 2 is 1.55 bits per heavy atom. The average molecular weight is 421 g/mol. The standard InChI is InChI=1S/C15H13Br2ClO2/c1-19-12-2-4-15(17)11(7-12)9-20-13-3-5-14(16)10(6-13)8-18/h2-7H,8-9H2,1H3. The highest BCUT2D eigenvalue weighted by molar-refractivity contribution is 9.10. The molecule has 0 saturated carbocycles. The van der Waals surface area contributed by atoms with Gasteiger partial charge < -0.3 is 9.47 Å². The van der Waals surface area contributed by atoms with E-state index in [0.29, 0.717) is 12.5 Å². The summed E-state index contributed by atoms with van der Waals surface area (Å²) in [5.41, 5.74) is 2.04. The molecule has 0 spiro atoms. The van der Waals surface area contributed by atoms with Gasteiger partial charge in [-0.25, -0.2) is 0 Å². The van der Waals surface area contributed by atoms with Crippen LogP contribution in [0.2, 0.25) is 0 Å². The zero-order valence-electron chi connectivity index (χ0n) is 10.8. The summed E-state index contributed by atoms with van der Waals surface area (Å²) in [4.78, 5) is 0. The summed E-state index contributed by atoms with van der Waals surface area (Å²) in [6.45, 7) is 0.459. The predicted molar refractivity (Wildman–Crippen MR) is 88.7 cm³/mol. The van der Waals surface area contributed by atoms with Crippen molar-refractivity contribution in [2.24, 2.45) is 0 Å².